The number of amides is 3. The van der Waals surface area contributed by atoms with Gasteiger partial charge in [-0.1, -0.05) is 29.8 Å². The minimum absolute atomic E-state index is 0.0757. The first-order valence-electron chi connectivity index (χ1n) is 8.63. The van der Waals surface area contributed by atoms with Crippen molar-refractivity contribution in [2.24, 2.45) is 5.92 Å². The van der Waals surface area contributed by atoms with Gasteiger partial charge in [-0.3, -0.25) is 4.79 Å². The quantitative estimate of drug-likeness (QED) is 0.844. The number of piperidine rings is 1. The number of hydrogen-bond donors (Lipinski definition) is 1. The van der Waals surface area contributed by atoms with Gasteiger partial charge in [0.2, 0.25) is 5.91 Å². The van der Waals surface area contributed by atoms with Crippen molar-refractivity contribution in [1.82, 2.24) is 9.80 Å². The van der Waals surface area contributed by atoms with Crippen molar-refractivity contribution >= 4 is 40.6 Å². The number of carbonyl (C=O) groups excluding carboxylic acids is 2. The van der Waals surface area contributed by atoms with Crippen molar-refractivity contribution < 1.29 is 9.59 Å². The molecule has 3 rings (SSSR count). The van der Waals surface area contributed by atoms with Crippen molar-refractivity contribution in [3.8, 4) is 0 Å². The number of thiophene rings is 1. The molecule has 7 heteroatoms. The van der Waals surface area contributed by atoms with Gasteiger partial charge in [0, 0.05) is 30.7 Å². The summed E-state index contributed by atoms with van der Waals surface area (Å²) < 4.78 is 0.724. The van der Waals surface area contributed by atoms with Gasteiger partial charge in [-0.2, -0.15) is 0 Å². The SMILES string of the molecule is CN(Cc1ccc(Cl)s1)C(=O)[C@@H]1CCCN(C(=O)Nc2ccccc2)C1. The van der Waals surface area contributed by atoms with Crippen LogP contribution in [-0.2, 0) is 11.3 Å². The Kier molecular flexibility index (Phi) is 6.16. The summed E-state index contributed by atoms with van der Waals surface area (Å²) in [5.41, 5.74) is 0.762. The second kappa shape index (κ2) is 8.56. The average molecular weight is 392 g/mol. The number of nitrogens with zero attached hydrogens (tertiary/aromatic N) is 2. The number of likely N-dealkylation sites (tertiary alicyclic amines) is 1. The molecule has 1 aliphatic heterocycles. The van der Waals surface area contributed by atoms with Gasteiger partial charge in [-0.25, -0.2) is 4.79 Å². The van der Waals surface area contributed by atoms with Crippen LogP contribution in [0.4, 0.5) is 10.5 Å². The Morgan fingerprint density at radius 1 is 1.27 bits per heavy atom. The monoisotopic (exact) mass is 391 g/mol. The lowest BCUT2D eigenvalue weighted by molar-refractivity contribution is -0.136. The molecule has 1 aromatic carbocycles. The maximum atomic E-state index is 12.8. The minimum atomic E-state index is -0.161. The van der Waals surface area contributed by atoms with Crippen LogP contribution in [0.15, 0.2) is 42.5 Å². The first-order chi connectivity index (χ1) is 12.5. The fourth-order valence-electron chi connectivity index (χ4n) is 3.15. The van der Waals surface area contributed by atoms with E-state index in [1.54, 1.807) is 16.8 Å². The number of rotatable bonds is 4. The molecule has 1 atom stereocenters. The number of urea groups is 1. The van der Waals surface area contributed by atoms with Gasteiger partial charge in [0.25, 0.3) is 0 Å². The van der Waals surface area contributed by atoms with Gasteiger partial charge in [0.1, 0.15) is 0 Å². The van der Waals surface area contributed by atoms with Crippen LogP contribution in [0.2, 0.25) is 4.34 Å². The summed E-state index contributed by atoms with van der Waals surface area (Å²) in [5, 5.41) is 2.89. The molecule has 0 bridgehead atoms. The fraction of sp³-hybridized carbons (Fsp3) is 0.368. The first-order valence-corrected chi connectivity index (χ1v) is 9.82. The van der Waals surface area contributed by atoms with Gasteiger partial charge in [0.15, 0.2) is 0 Å². The molecule has 26 heavy (non-hydrogen) atoms. The molecule has 1 fully saturated rings. The van der Waals surface area contributed by atoms with Crippen LogP contribution < -0.4 is 5.32 Å². The summed E-state index contributed by atoms with van der Waals surface area (Å²) >= 11 is 7.44. The van der Waals surface area contributed by atoms with Crippen molar-refractivity contribution in [3.63, 3.8) is 0 Å². The van der Waals surface area contributed by atoms with E-state index in [2.05, 4.69) is 5.32 Å². The molecule has 5 nitrogen and oxygen atoms in total. The number of hydrogen-bond acceptors (Lipinski definition) is 3. The molecule has 0 aliphatic carbocycles. The van der Waals surface area contributed by atoms with Crippen LogP contribution in [0.1, 0.15) is 17.7 Å². The molecule has 1 aromatic heterocycles. The highest BCUT2D eigenvalue weighted by molar-refractivity contribution is 7.16. The zero-order valence-corrected chi connectivity index (χ0v) is 16.2. The van der Waals surface area contributed by atoms with Crippen LogP contribution in [0.5, 0.6) is 0 Å². The van der Waals surface area contributed by atoms with Crippen LogP contribution in [0, 0.1) is 5.92 Å². The molecule has 0 saturated carbocycles. The molecule has 1 aliphatic rings. The molecular weight excluding hydrogens is 370 g/mol. The number of carbonyl (C=O) groups is 2. The zero-order chi connectivity index (χ0) is 18.5. The average Bonchev–Trinajstić information content (AvgIpc) is 3.06. The van der Waals surface area contributed by atoms with Gasteiger partial charge >= 0.3 is 6.03 Å². The normalized spacial score (nSPS) is 17.0. The lowest BCUT2D eigenvalue weighted by Gasteiger charge is -2.34. The minimum Gasteiger partial charge on any atom is -0.340 e. The maximum absolute atomic E-state index is 12.8. The number of nitrogens with one attached hydrogen (secondary N) is 1. The number of anilines is 1. The first kappa shape index (κ1) is 18.7. The van der Waals surface area contributed by atoms with Crippen molar-refractivity contribution in [1.29, 1.82) is 0 Å². The summed E-state index contributed by atoms with van der Waals surface area (Å²) in [7, 11) is 1.80. The molecule has 1 saturated heterocycles. The van der Waals surface area contributed by atoms with Gasteiger partial charge < -0.3 is 15.1 Å². The highest BCUT2D eigenvalue weighted by atomic mass is 35.5. The molecule has 0 unspecified atom stereocenters. The Morgan fingerprint density at radius 3 is 2.73 bits per heavy atom. The third-order valence-electron chi connectivity index (χ3n) is 4.48. The van der Waals surface area contributed by atoms with Crippen LogP contribution in [0.25, 0.3) is 0 Å². The number of halogens is 1. The van der Waals surface area contributed by atoms with Crippen molar-refractivity contribution in [2.75, 3.05) is 25.5 Å². The third-order valence-corrected chi connectivity index (χ3v) is 5.70. The van der Waals surface area contributed by atoms with Crippen LogP contribution in [-0.4, -0.2) is 41.9 Å². The van der Waals surface area contributed by atoms with E-state index in [0.717, 1.165) is 27.7 Å². The predicted octanol–water partition coefficient (Wildman–Crippen LogP) is 4.30. The van der Waals surface area contributed by atoms with E-state index in [-0.39, 0.29) is 17.9 Å². The molecular formula is C19H22ClN3O2S. The molecule has 0 radical (unpaired) electrons. The van der Waals surface area contributed by atoms with Crippen LogP contribution in [0.3, 0.4) is 0 Å². The molecule has 138 valence electrons. The topological polar surface area (TPSA) is 52.7 Å². The fourth-order valence-corrected chi connectivity index (χ4v) is 4.29. The standard InChI is InChI=1S/C19H22ClN3O2S/c1-22(13-16-9-10-17(20)26-16)18(24)14-6-5-11-23(12-14)19(25)21-15-7-3-2-4-8-15/h2-4,7-10,14H,5-6,11-13H2,1H3,(H,21,25)/t14-/m1/s1. The highest BCUT2D eigenvalue weighted by Crippen LogP contribution is 2.24. The lowest BCUT2D eigenvalue weighted by Crippen LogP contribution is -2.47. The number of para-hydroxylation sites is 1. The highest BCUT2D eigenvalue weighted by Gasteiger charge is 2.30. The Bertz CT molecular complexity index is 765. The molecule has 3 amide bonds. The summed E-state index contributed by atoms with van der Waals surface area (Å²) in [6.07, 6.45) is 1.64. The van der Waals surface area contributed by atoms with Crippen LogP contribution >= 0.6 is 22.9 Å². The Morgan fingerprint density at radius 2 is 2.04 bits per heavy atom. The Balaban J connectivity index is 1.56. The van der Waals surface area contributed by atoms with Crippen molar-refractivity contribution in [2.45, 2.75) is 19.4 Å². The molecule has 1 N–H and O–H groups in total. The zero-order valence-electron chi connectivity index (χ0n) is 14.7. The Hall–Kier alpha value is -2.05. The largest absolute Gasteiger partial charge is 0.340 e. The van der Waals surface area contributed by atoms with E-state index in [1.807, 2.05) is 42.5 Å². The lowest BCUT2D eigenvalue weighted by atomic mass is 9.97. The van der Waals surface area contributed by atoms with E-state index in [0.29, 0.717) is 19.6 Å². The summed E-state index contributed by atoms with van der Waals surface area (Å²) in [6.45, 7) is 1.67. The van der Waals surface area contributed by atoms with E-state index in [9.17, 15) is 9.59 Å². The number of benzene rings is 1. The molecule has 2 aromatic rings. The van der Waals surface area contributed by atoms with E-state index < -0.39 is 0 Å². The Labute approximate surface area is 162 Å². The van der Waals surface area contributed by atoms with Gasteiger partial charge in [0.05, 0.1) is 16.8 Å². The molecule has 0 spiro atoms. The van der Waals surface area contributed by atoms with Gasteiger partial charge in [-0.15, -0.1) is 11.3 Å². The maximum Gasteiger partial charge on any atom is 0.321 e. The second-order valence-electron chi connectivity index (χ2n) is 6.48. The summed E-state index contributed by atoms with van der Waals surface area (Å²) in [5.74, 6) is -0.0857. The van der Waals surface area contributed by atoms with Gasteiger partial charge in [-0.05, 0) is 37.1 Å². The predicted molar refractivity (Wildman–Crippen MR) is 106 cm³/mol. The van der Waals surface area contributed by atoms with Crippen molar-refractivity contribution in [3.05, 3.63) is 51.7 Å². The summed E-state index contributed by atoms with van der Waals surface area (Å²) in [6, 6.07) is 13.0. The summed E-state index contributed by atoms with van der Waals surface area (Å²) in [4.78, 5) is 29.8. The molecule has 2 heterocycles. The smallest absolute Gasteiger partial charge is 0.321 e. The van der Waals surface area contributed by atoms with E-state index >= 15 is 0 Å². The second-order valence-corrected chi connectivity index (χ2v) is 8.28. The van der Waals surface area contributed by atoms with E-state index in [4.69, 9.17) is 11.6 Å². The van der Waals surface area contributed by atoms with E-state index in [1.165, 1.54) is 11.3 Å². The third kappa shape index (κ3) is 4.77.